The molecule has 1 spiro atoms. The predicted molar refractivity (Wildman–Crippen MR) is 87.9 cm³/mol. The number of carbonyl (C=O) groups is 1. The second kappa shape index (κ2) is 4.25. The number of anilines is 1. The Kier molecular flexibility index (Phi) is 2.54. The van der Waals surface area contributed by atoms with Crippen LogP contribution in [0.2, 0.25) is 0 Å². The number of benzene rings is 1. The minimum absolute atomic E-state index is 0.175. The minimum atomic E-state index is -0.866. The molecular weight excluding hydrogens is 288 g/mol. The van der Waals surface area contributed by atoms with Crippen LogP contribution in [0.5, 0.6) is 0 Å². The van der Waals surface area contributed by atoms with Gasteiger partial charge in [0, 0.05) is 30.3 Å². The number of Topliss-reactive ketones (excluding diaryl/α,β-unsaturated/α-hetero) is 1. The van der Waals surface area contributed by atoms with Crippen LogP contribution in [0.1, 0.15) is 31.7 Å². The minimum Gasteiger partial charge on any atom is -0.381 e. The molecule has 1 aromatic rings. The van der Waals surface area contributed by atoms with E-state index in [1.54, 1.807) is 6.92 Å². The lowest BCUT2D eigenvalue weighted by Crippen LogP contribution is -2.66. The third kappa shape index (κ3) is 1.51. The summed E-state index contributed by atoms with van der Waals surface area (Å²) in [5.74, 6) is 0.887. The van der Waals surface area contributed by atoms with Crippen molar-refractivity contribution in [2.24, 2.45) is 11.8 Å². The lowest BCUT2D eigenvalue weighted by Gasteiger charge is -2.54. The summed E-state index contributed by atoms with van der Waals surface area (Å²) in [6, 6.07) is 8.12. The number of nitrogens with one attached hydrogen (secondary N) is 1. The topological polar surface area (TPSA) is 52.6 Å². The van der Waals surface area contributed by atoms with Crippen LogP contribution in [-0.2, 0) is 10.4 Å². The number of hydrogen-bond donors (Lipinski definition) is 2. The van der Waals surface area contributed by atoms with Gasteiger partial charge >= 0.3 is 0 Å². The van der Waals surface area contributed by atoms with Crippen LogP contribution in [0.25, 0.3) is 0 Å². The van der Waals surface area contributed by atoms with E-state index in [0.29, 0.717) is 5.92 Å². The molecule has 0 aromatic heterocycles. The third-order valence-corrected chi connectivity index (χ3v) is 6.54. The summed E-state index contributed by atoms with van der Waals surface area (Å²) in [4.78, 5) is 14.4. The average Bonchev–Trinajstić information content (AvgIpc) is 2.96. The zero-order chi connectivity index (χ0) is 15.8. The summed E-state index contributed by atoms with van der Waals surface area (Å²) < 4.78 is 0. The highest BCUT2D eigenvalue weighted by Gasteiger charge is 2.68. The van der Waals surface area contributed by atoms with Gasteiger partial charge < -0.3 is 10.4 Å². The Morgan fingerprint density at radius 2 is 2.22 bits per heavy atom. The largest absolute Gasteiger partial charge is 0.381 e. The van der Waals surface area contributed by atoms with Gasteiger partial charge in [0.25, 0.3) is 0 Å². The number of carbonyl (C=O) groups excluding carboxylic acids is 1. The van der Waals surface area contributed by atoms with Crippen LogP contribution in [0.3, 0.4) is 0 Å². The van der Waals surface area contributed by atoms with Crippen LogP contribution < -0.4 is 5.32 Å². The molecule has 3 heterocycles. The van der Waals surface area contributed by atoms with Crippen LogP contribution in [0, 0.1) is 11.8 Å². The lowest BCUT2D eigenvalue weighted by molar-refractivity contribution is -0.115. The first-order valence-corrected chi connectivity index (χ1v) is 8.61. The summed E-state index contributed by atoms with van der Waals surface area (Å²) in [6.07, 6.45) is 4.85. The summed E-state index contributed by atoms with van der Waals surface area (Å²) in [7, 11) is 0. The van der Waals surface area contributed by atoms with E-state index in [1.165, 1.54) is 0 Å². The molecule has 1 aromatic carbocycles. The van der Waals surface area contributed by atoms with Crippen molar-refractivity contribution in [2.45, 2.75) is 37.5 Å². The van der Waals surface area contributed by atoms with E-state index >= 15 is 0 Å². The van der Waals surface area contributed by atoms with Crippen molar-refractivity contribution in [3.8, 4) is 0 Å². The molecular formula is C19H22N2O2. The SMILES string of the molecule is CC(=O)C1=C[C@H]2C[C@H](C1)CN1CC[C@]3(O)c4ccccc4N[C@]213. The third-order valence-electron chi connectivity index (χ3n) is 6.54. The molecule has 2 saturated heterocycles. The van der Waals surface area contributed by atoms with Gasteiger partial charge in [0.15, 0.2) is 5.78 Å². The molecule has 4 aliphatic rings. The molecule has 3 aliphatic heterocycles. The molecule has 23 heavy (non-hydrogen) atoms. The molecule has 4 nitrogen and oxygen atoms in total. The highest BCUT2D eigenvalue weighted by atomic mass is 16.3. The fraction of sp³-hybridized carbons (Fsp3) is 0.526. The highest BCUT2D eigenvalue weighted by Crippen LogP contribution is 2.61. The van der Waals surface area contributed by atoms with Crippen molar-refractivity contribution >= 4 is 11.5 Å². The Morgan fingerprint density at radius 1 is 1.39 bits per heavy atom. The van der Waals surface area contributed by atoms with Gasteiger partial charge in [0.05, 0.1) is 0 Å². The Labute approximate surface area is 136 Å². The van der Waals surface area contributed by atoms with Crippen molar-refractivity contribution in [1.29, 1.82) is 0 Å². The number of hydrogen-bond acceptors (Lipinski definition) is 4. The van der Waals surface area contributed by atoms with E-state index in [-0.39, 0.29) is 11.7 Å². The van der Waals surface area contributed by atoms with Crippen molar-refractivity contribution in [2.75, 3.05) is 18.4 Å². The smallest absolute Gasteiger partial charge is 0.155 e. The van der Waals surface area contributed by atoms with E-state index in [0.717, 1.165) is 49.2 Å². The summed E-state index contributed by atoms with van der Waals surface area (Å²) in [5, 5.41) is 15.4. The normalized spacial score (nSPS) is 40.7. The number of allylic oxidation sites excluding steroid dienone is 1. The molecule has 1 aliphatic carbocycles. The van der Waals surface area contributed by atoms with Crippen LogP contribution in [0.15, 0.2) is 35.9 Å². The van der Waals surface area contributed by atoms with E-state index in [1.807, 2.05) is 18.2 Å². The maximum atomic E-state index is 11.9. The Morgan fingerprint density at radius 3 is 3.04 bits per heavy atom. The van der Waals surface area contributed by atoms with Crippen molar-refractivity contribution < 1.29 is 9.90 Å². The fourth-order valence-corrected chi connectivity index (χ4v) is 5.61. The second-order valence-electron chi connectivity index (χ2n) is 7.65. The Hall–Kier alpha value is -1.65. The van der Waals surface area contributed by atoms with Crippen LogP contribution in [0.4, 0.5) is 5.69 Å². The molecule has 4 atom stereocenters. The van der Waals surface area contributed by atoms with Crippen molar-refractivity contribution in [3.63, 3.8) is 0 Å². The molecule has 5 rings (SSSR count). The number of rotatable bonds is 1. The molecule has 2 fully saturated rings. The van der Waals surface area contributed by atoms with Gasteiger partial charge in [-0.25, -0.2) is 0 Å². The van der Waals surface area contributed by atoms with Gasteiger partial charge in [-0.1, -0.05) is 24.3 Å². The fourth-order valence-electron chi connectivity index (χ4n) is 5.61. The standard InChI is InChI=1S/C19H22N2O2/c1-12(22)14-8-13-9-15(10-14)19-18(23,6-7-21(19)11-13)16-4-2-3-5-17(16)20-19/h2-5,10,13,15,20,23H,6-9,11H2,1H3/t13-,15+,18-,19+/m0/s1. The first kappa shape index (κ1) is 13.8. The van der Waals surface area contributed by atoms with Crippen molar-refractivity contribution in [3.05, 3.63) is 41.5 Å². The van der Waals surface area contributed by atoms with Gasteiger partial charge in [-0.05, 0) is 43.7 Å². The number of aliphatic hydroxyl groups is 1. The summed E-state index contributed by atoms with van der Waals surface area (Å²) in [5.41, 5.74) is 1.67. The number of nitrogens with zero attached hydrogens (tertiary/aromatic N) is 1. The van der Waals surface area contributed by atoms with Crippen LogP contribution >= 0.6 is 0 Å². The van der Waals surface area contributed by atoms with E-state index < -0.39 is 11.3 Å². The quantitative estimate of drug-likeness (QED) is 0.835. The van der Waals surface area contributed by atoms with E-state index in [4.69, 9.17) is 0 Å². The van der Waals surface area contributed by atoms with Crippen LogP contribution in [-0.4, -0.2) is 34.5 Å². The first-order chi connectivity index (χ1) is 11.0. The number of fused-ring (bicyclic) bond motifs is 4. The molecule has 0 amide bonds. The van der Waals surface area contributed by atoms with Gasteiger partial charge in [-0.15, -0.1) is 0 Å². The maximum Gasteiger partial charge on any atom is 0.155 e. The first-order valence-electron chi connectivity index (χ1n) is 8.61. The molecule has 0 saturated carbocycles. The van der Waals surface area contributed by atoms with Gasteiger partial charge in [0.2, 0.25) is 0 Å². The monoisotopic (exact) mass is 310 g/mol. The molecule has 4 heteroatoms. The summed E-state index contributed by atoms with van der Waals surface area (Å²) in [6.45, 7) is 3.54. The number of piperidine rings is 1. The van der Waals surface area contributed by atoms with Gasteiger partial charge in [0.1, 0.15) is 11.3 Å². The predicted octanol–water partition coefficient (Wildman–Crippen LogP) is 2.26. The molecule has 120 valence electrons. The molecule has 0 radical (unpaired) electrons. The second-order valence-corrected chi connectivity index (χ2v) is 7.65. The zero-order valence-corrected chi connectivity index (χ0v) is 13.4. The van der Waals surface area contributed by atoms with Gasteiger partial charge in [-0.2, -0.15) is 0 Å². The molecule has 2 N–H and O–H groups in total. The summed E-state index contributed by atoms with van der Waals surface area (Å²) >= 11 is 0. The lowest BCUT2D eigenvalue weighted by atomic mass is 9.67. The molecule has 2 bridgehead atoms. The van der Waals surface area contributed by atoms with E-state index in [9.17, 15) is 9.90 Å². The molecule has 0 unspecified atom stereocenters. The Bertz CT molecular complexity index is 743. The number of para-hydroxylation sites is 1. The number of ketones is 1. The highest BCUT2D eigenvalue weighted by molar-refractivity contribution is 5.93. The van der Waals surface area contributed by atoms with Crippen molar-refractivity contribution in [1.82, 2.24) is 4.90 Å². The Balaban J connectivity index is 1.69. The zero-order valence-electron chi connectivity index (χ0n) is 13.4. The van der Waals surface area contributed by atoms with E-state index in [2.05, 4.69) is 22.4 Å². The maximum absolute atomic E-state index is 11.9. The van der Waals surface area contributed by atoms with Gasteiger partial charge in [-0.3, -0.25) is 9.69 Å². The average molecular weight is 310 g/mol.